The van der Waals surface area contributed by atoms with Gasteiger partial charge in [0.25, 0.3) is 5.91 Å². The van der Waals surface area contributed by atoms with E-state index in [1.54, 1.807) is 0 Å². The van der Waals surface area contributed by atoms with Gasteiger partial charge in [-0.3, -0.25) is 14.9 Å². The van der Waals surface area contributed by atoms with Crippen molar-refractivity contribution in [3.8, 4) is 0 Å². The van der Waals surface area contributed by atoms with Crippen molar-refractivity contribution in [1.82, 2.24) is 10.4 Å². The molecule has 130 valence electrons. The molecule has 0 aliphatic carbocycles. The molecule has 1 aromatic heterocycles. The third kappa shape index (κ3) is 4.00. The molecule has 0 saturated heterocycles. The minimum Gasteiger partial charge on any atom is -0.451 e. The molecule has 1 aliphatic heterocycles. The van der Waals surface area contributed by atoms with Crippen molar-refractivity contribution in [1.29, 1.82) is 0 Å². The van der Waals surface area contributed by atoms with Gasteiger partial charge < -0.3 is 4.74 Å². The average molecular weight is 360 g/mol. The number of benzene rings is 1. The number of aromatic nitrogens is 1. The van der Waals surface area contributed by atoms with E-state index in [9.17, 15) is 14.4 Å². The molecule has 0 saturated carbocycles. The first-order chi connectivity index (χ1) is 11.9. The molecule has 3 rings (SSSR count). The molecule has 2 heterocycles. The lowest BCUT2D eigenvalue weighted by Gasteiger charge is -2.10. The predicted octanol–water partition coefficient (Wildman–Crippen LogP) is 1.66. The summed E-state index contributed by atoms with van der Waals surface area (Å²) in [6, 6.07) is 4.03. The molecule has 0 spiro atoms. The molecule has 1 aromatic carbocycles. The molecule has 9 heteroatoms. The number of amides is 2. The monoisotopic (exact) mass is 360 g/mol. The number of nitrogens with one attached hydrogen (secondary N) is 2. The number of hydrogen-bond donors (Lipinski definition) is 2. The number of hydrazone groups is 1. The van der Waals surface area contributed by atoms with Gasteiger partial charge in [0.15, 0.2) is 11.7 Å². The smallest absolute Gasteiger partial charge is 0.355 e. The molecule has 25 heavy (non-hydrogen) atoms. The van der Waals surface area contributed by atoms with Crippen LogP contribution in [-0.2, 0) is 19.1 Å². The highest BCUT2D eigenvalue weighted by atomic mass is 32.1. The van der Waals surface area contributed by atoms with Crippen molar-refractivity contribution in [3.05, 3.63) is 23.3 Å². The lowest BCUT2D eigenvalue weighted by atomic mass is 10.1. The lowest BCUT2D eigenvalue weighted by molar-refractivity contribution is -0.140. The number of ether oxygens (including phenoxy) is 1. The minimum absolute atomic E-state index is 0.0958. The fraction of sp³-hybridized carbons (Fsp3) is 0.312. The zero-order valence-corrected chi connectivity index (χ0v) is 14.5. The molecule has 0 fully saturated rings. The second kappa shape index (κ2) is 6.98. The van der Waals surface area contributed by atoms with Crippen LogP contribution in [0.3, 0.4) is 0 Å². The number of nitrogens with zero attached hydrogens (tertiary/aromatic N) is 2. The van der Waals surface area contributed by atoms with E-state index in [2.05, 4.69) is 20.8 Å². The van der Waals surface area contributed by atoms with Crippen LogP contribution in [0.4, 0.5) is 5.13 Å². The van der Waals surface area contributed by atoms with Crippen LogP contribution in [-0.4, -0.2) is 35.1 Å². The van der Waals surface area contributed by atoms with E-state index < -0.39 is 18.5 Å². The van der Waals surface area contributed by atoms with Crippen LogP contribution in [0, 0.1) is 13.8 Å². The molecular weight excluding hydrogens is 344 g/mol. The Morgan fingerprint density at radius 2 is 2.12 bits per heavy atom. The predicted molar refractivity (Wildman–Crippen MR) is 93.5 cm³/mol. The van der Waals surface area contributed by atoms with E-state index in [-0.39, 0.29) is 24.5 Å². The second-order valence-corrected chi connectivity index (χ2v) is 6.70. The maximum absolute atomic E-state index is 11.9. The highest BCUT2D eigenvalue weighted by Gasteiger charge is 2.20. The zero-order chi connectivity index (χ0) is 18.0. The minimum atomic E-state index is -0.717. The number of carbonyl (C=O) groups is 3. The van der Waals surface area contributed by atoms with Crippen LogP contribution in [0.15, 0.2) is 17.2 Å². The molecular formula is C16H16N4O4S. The highest BCUT2D eigenvalue weighted by Crippen LogP contribution is 2.29. The standard InChI is InChI=1S/C16H16N4O4S/c1-8-5-9(2)14-11(6-8)25-16(18-14)17-13(22)7-24-15(23)10-3-4-12(21)20-19-10/h5-6H,3-4,7H2,1-2H3,(H,20,21)(H,17,18,22). The maximum Gasteiger partial charge on any atom is 0.355 e. The number of esters is 1. The fourth-order valence-electron chi connectivity index (χ4n) is 2.42. The summed E-state index contributed by atoms with van der Waals surface area (Å²) < 4.78 is 5.89. The number of rotatable bonds is 4. The second-order valence-electron chi connectivity index (χ2n) is 5.67. The molecule has 1 aliphatic rings. The van der Waals surface area contributed by atoms with Crippen LogP contribution in [0.2, 0.25) is 0 Å². The van der Waals surface area contributed by atoms with Gasteiger partial charge in [-0.05, 0) is 31.0 Å². The van der Waals surface area contributed by atoms with Crippen molar-refractivity contribution < 1.29 is 19.1 Å². The average Bonchev–Trinajstić information content (AvgIpc) is 2.96. The summed E-state index contributed by atoms with van der Waals surface area (Å²) in [7, 11) is 0. The summed E-state index contributed by atoms with van der Waals surface area (Å²) in [5.41, 5.74) is 5.31. The fourth-order valence-corrected chi connectivity index (χ4v) is 3.47. The topological polar surface area (TPSA) is 110 Å². The summed E-state index contributed by atoms with van der Waals surface area (Å²) in [4.78, 5) is 39.1. The van der Waals surface area contributed by atoms with Crippen molar-refractivity contribution in [3.63, 3.8) is 0 Å². The first-order valence-electron chi connectivity index (χ1n) is 7.62. The molecule has 2 aromatic rings. The van der Waals surface area contributed by atoms with Crippen LogP contribution in [0.1, 0.15) is 24.0 Å². The van der Waals surface area contributed by atoms with Crippen LogP contribution >= 0.6 is 11.3 Å². The molecule has 0 unspecified atom stereocenters. The number of carbonyl (C=O) groups excluding carboxylic acids is 3. The molecule has 8 nitrogen and oxygen atoms in total. The van der Waals surface area contributed by atoms with Crippen LogP contribution in [0.25, 0.3) is 10.2 Å². The van der Waals surface area contributed by atoms with E-state index >= 15 is 0 Å². The quantitative estimate of drug-likeness (QED) is 0.806. The molecule has 2 amide bonds. The van der Waals surface area contributed by atoms with Gasteiger partial charge in [0, 0.05) is 12.8 Å². The van der Waals surface area contributed by atoms with Crippen LogP contribution in [0.5, 0.6) is 0 Å². The molecule has 0 atom stereocenters. The first-order valence-corrected chi connectivity index (χ1v) is 8.44. The third-order valence-corrected chi connectivity index (χ3v) is 4.47. The Morgan fingerprint density at radius 3 is 2.84 bits per heavy atom. The van der Waals surface area contributed by atoms with Gasteiger partial charge in [-0.2, -0.15) is 5.10 Å². The van der Waals surface area contributed by atoms with Crippen molar-refractivity contribution in [2.75, 3.05) is 11.9 Å². The normalized spacial score (nSPS) is 14.0. The van der Waals surface area contributed by atoms with E-state index in [0.717, 1.165) is 21.3 Å². The van der Waals surface area contributed by atoms with Gasteiger partial charge >= 0.3 is 5.97 Å². The van der Waals surface area contributed by atoms with Crippen LogP contribution < -0.4 is 10.7 Å². The summed E-state index contributed by atoms with van der Waals surface area (Å²) in [5, 5.41) is 6.70. The Morgan fingerprint density at radius 1 is 1.32 bits per heavy atom. The zero-order valence-electron chi connectivity index (χ0n) is 13.7. The van der Waals surface area contributed by atoms with E-state index in [0.29, 0.717) is 5.13 Å². The SMILES string of the molecule is Cc1cc(C)c2nc(NC(=O)COC(=O)C3=NNC(=O)CC3)sc2c1. The lowest BCUT2D eigenvalue weighted by Crippen LogP contribution is -2.32. The van der Waals surface area contributed by atoms with Gasteiger partial charge in [0.2, 0.25) is 5.91 Å². The molecule has 0 radical (unpaired) electrons. The van der Waals surface area contributed by atoms with Gasteiger partial charge in [-0.1, -0.05) is 17.4 Å². The van der Waals surface area contributed by atoms with E-state index in [1.165, 1.54) is 11.3 Å². The number of anilines is 1. The van der Waals surface area contributed by atoms with Crippen molar-refractivity contribution >= 4 is 50.2 Å². The largest absolute Gasteiger partial charge is 0.451 e. The summed E-state index contributed by atoms with van der Waals surface area (Å²) >= 11 is 1.36. The summed E-state index contributed by atoms with van der Waals surface area (Å²) in [6.45, 7) is 3.52. The Bertz CT molecular complexity index is 903. The van der Waals surface area contributed by atoms with Crippen molar-refractivity contribution in [2.45, 2.75) is 26.7 Å². The van der Waals surface area contributed by atoms with E-state index in [1.807, 2.05) is 26.0 Å². The highest BCUT2D eigenvalue weighted by molar-refractivity contribution is 7.22. The Balaban J connectivity index is 1.58. The van der Waals surface area contributed by atoms with Gasteiger partial charge in [0.1, 0.15) is 5.71 Å². The Labute approximate surface area is 147 Å². The number of hydrogen-bond acceptors (Lipinski definition) is 7. The Hall–Kier alpha value is -2.81. The van der Waals surface area contributed by atoms with E-state index in [4.69, 9.17) is 4.74 Å². The summed E-state index contributed by atoms with van der Waals surface area (Å²) in [5.74, 6) is -1.45. The summed E-state index contributed by atoms with van der Waals surface area (Å²) in [6.07, 6.45) is 0.368. The van der Waals surface area contributed by atoms with Gasteiger partial charge in [-0.25, -0.2) is 15.2 Å². The molecule has 2 N–H and O–H groups in total. The first kappa shape index (κ1) is 17.0. The Kier molecular flexibility index (Phi) is 4.75. The van der Waals surface area contributed by atoms with Gasteiger partial charge in [-0.15, -0.1) is 0 Å². The molecule has 0 bridgehead atoms. The number of thiazole rings is 1. The van der Waals surface area contributed by atoms with Crippen molar-refractivity contribution in [2.24, 2.45) is 5.10 Å². The maximum atomic E-state index is 11.9. The number of aryl methyl sites for hydroxylation is 2. The number of fused-ring (bicyclic) bond motifs is 1. The van der Waals surface area contributed by atoms with Gasteiger partial charge in [0.05, 0.1) is 10.2 Å². The third-order valence-electron chi connectivity index (χ3n) is 3.55.